The molecule has 61 heavy (non-hydrogen) atoms. The number of hydrogen-bond donors (Lipinski definition) is 3. The predicted octanol–water partition coefficient (Wildman–Crippen LogP) is 15.4. The molecule has 0 aromatic carbocycles. The number of rotatable bonds is 45. The first kappa shape index (κ1) is 58.3. The maximum Gasteiger partial charge on any atom is 0.306 e. The second-order valence-corrected chi connectivity index (χ2v) is 17.3. The molecular weight excluding hydrogens is 755 g/mol. The van der Waals surface area contributed by atoms with Crippen molar-refractivity contribution in [2.24, 2.45) is 0 Å². The van der Waals surface area contributed by atoms with E-state index in [-0.39, 0.29) is 24.9 Å². The van der Waals surface area contributed by atoms with Gasteiger partial charge in [-0.25, -0.2) is 0 Å². The van der Waals surface area contributed by atoms with Gasteiger partial charge < -0.3 is 20.3 Å². The zero-order valence-corrected chi connectivity index (χ0v) is 40.0. The third-order valence-electron chi connectivity index (χ3n) is 11.4. The van der Waals surface area contributed by atoms with Crippen LogP contribution in [0.2, 0.25) is 0 Å². The van der Waals surface area contributed by atoms with Gasteiger partial charge in [0, 0.05) is 6.42 Å². The molecule has 0 spiro atoms. The normalized spacial score (nSPS) is 13.9. The van der Waals surface area contributed by atoms with Gasteiger partial charge >= 0.3 is 5.97 Å². The lowest BCUT2D eigenvalue weighted by Crippen LogP contribution is -2.46. The Hall–Kier alpha value is -2.70. The number of unbranched alkanes of at least 4 members (excludes halogenated alkanes) is 25. The maximum absolute atomic E-state index is 13.2. The third kappa shape index (κ3) is 43.7. The molecule has 352 valence electrons. The van der Waals surface area contributed by atoms with Crippen molar-refractivity contribution in [3.05, 3.63) is 72.9 Å². The minimum absolute atomic E-state index is 0.0262. The van der Waals surface area contributed by atoms with E-state index in [4.69, 9.17) is 4.74 Å². The molecule has 0 aliphatic heterocycles. The van der Waals surface area contributed by atoms with Gasteiger partial charge in [-0.05, 0) is 64.2 Å². The van der Waals surface area contributed by atoms with Crippen LogP contribution >= 0.6 is 0 Å². The maximum atomic E-state index is 13.2. The molecular formula is C55H97NO5. The van der Waals surface area contributed by atoms with Gasteiger partial charge in [-0.15, -0.1) is 0 Å². The fourth-order valence-corrected chi connectivity index (χ4v) is 7.50. The van der Waals surface area contributed by atoms with Crippen molar-refractivity contribution in [3.63, 3.8) is 0 Å². The number of aliphatic hydroxyl groups excluding tert-OH is 2. The first-order valence-corrected chi connectivity index (χ1v) is 25.7. The summed E-state index contributed by atoms with van der Waals surface area (Å²) >= 11 is 0. The van der Waals surface area contributed by atoms with Crippen LogP contribution in [0.3, 0.4) is 0 Å². The van der Waals surface area contributed by atoms with Gasteiger partial charge in [0.15, 0.2) is 0 Å². The number of carbonyl (C=O) groups is 2. The standard InChI is InChI=1S/C55H97NO5/c1-4-7-10-13-16-19-22-25-27-30-32-35-38-41-44-47-53(58)52(50-57)56-54(59)49-51(46-43-40-37-34-31-29-26-23-20-17-14-11-8-5-2)61-55(60)48-45-42-39-36-33-28-24-21-18-15-12-9-6-3/h9,12,15,18,21,24,28-29,31,33-34,37,51-53,57-58H,4-8,10-11,13-14,16-17,19-20,22-23,25-27,30,32,35-36,38-50H2,1-3H3,(H,56,59)/b12-9+,18-15+,24-21-,31-29+,33-28-,37-34+. The molecule has 0 saturated heterocycles. The number of ether oxygens (including phenoxy) is 1. The molecule has 3 atom stereocenters. The second kappa shape index (κ2) is 48.3. The Labute approximate surface area is 377 Å². The summed E-state index contributed by atoms with van der Waals surface area (Å²) in [5.41, 5.74) is 0. The lowest BCUT2D eigenvalue weighted by Gasteiger charge is -2.24. The Balaban J connectivity index is 4.68. The van der Waals surface area contributed by atoms with Crippen molar-refractivity contribution in [2.75, 3.05) is 6.61 Å². The summed E-state index contributed by atoms with van der Waals surface area (Å²) in [6.07, 6.45) is 61.1. The van der Waals surface area contributed by atoms with E-state index < -0.39 is 18.2 Å². The van der Waals surface area contributed by atoms with Crippen LogP contribution in [0.5, 0.6) is 0 Å². The van der Waals surface area contributed by atoms with Crippen LogP contribution in [0, 0.1) is 0 Å². The van der Waals surface area contributed by atoms with Gasteiger partial charge in [-0.2, -0.15) is 0 Å². The first-order chi connectivity index (χ1) is 30.0. The molecule has 0 radical (unpaired) electrons. The second-order valence-electron chi connectivity index (χ2n) is 17.3. The lowest BCUT2D eigenvalue weighted by molar-refractivity contribution is -0.151. The van der Waals surface area contributed by atoms with Crippen molar-refractivity contribution in [3.8, 4) is 0 Å². The van der Waals surface area contributed by atoms with E-state index in [2.05, 4.69) is 68.6 Å². The quantitative estimate of drug-likeness (QED) is 0.0322. The smallest absolute Gasteiger partial charge is 0.306 e. The fraction of sp³-hybridized carbons (Fsp3) is 0.745. The van der Waals surface area contributed by atoms with E-state index in [1.54, 1.807) is 0 Å². The lowest BCUT2D eigenvalue weighted by atomic mass is 10.0. The first-order valence-electron chi connectivity index (χ1n) is 25.7. The minimum atomic E-state index is -0.809. The highest BCUT2D eigenvalue weighted by Gasteiger charge is 2.24. The van der Waals surface area contributed by atoms with Crippen LogP contribution in [0.4, 0.5) is 0 Å². The molecule has 0 aliphatic carbocycles. The predicted molar refractivity (Wildman–Crippen MR) is 264 cm³/mol. The van der Waals surface area contributed by atoms with Crippen LogP contribution in [0.15, 0.2) is 72.9 Å². The Morgan fingerprint density at radius 3 is 1.39 bits per heavy atom. The van der Waals surface area contributed by atoms with Gasteiger partial charge in [0.05, 0.1) is 25.2 Å². The van der Waals surface area contributed by atoms with Crippen LogP contribution in [-0.4, -0.2) is 46.9 Å². The molecule has 0 aromatic heterocycles. The van der Waals surface area contributed by atoms with Gasteiger partial charge in [0.25, 0.3) is 0 Å². The molecule has 0 fully saturated rings. The number of amides is 1. The van der Waals surface area contributed by atoms with Gasteiger partial charge in [-0.3, -0.25) is 9.59 Å². The molecule has 0 bridgehead atoms. The van der Waals surface area contributed by atoms with E-state index >= 15 is 0 Å². The molecule has 0 aliphatic rings. The SMILES string of the molecule is CC/C=C/C=C/C=C\C=C/CCCCCC(=O)OC(CCC/C=C/C=C/CCCCCCCCC)CC(=O)NC(CO)C(O)CCCCCCCCCCCCCCCCC. The summed E-state index contributed by atoms with van der Waals surface area (Å²) in [5.74, 6) is -0.569. The monoisotopic (exact) mass is 852 g/mol. The van der Waals surface area contributed by atoms with Crippen LogP contribution in [0.1, 0.15) is 239 Å². The summed E-state index contributed by atoms with van der Waals surface area (Å²) in [6, 6.07) is -0.727. The van der Waals surface area contributed by atoms with Gasteiger partial charge in [0.2, 0.25) is 5.91 Å². The molecule has 3 N–H and O–H groups in total. The summed E-state index contributed by atoms with van der Waals surface area (Å²) < 4.78 is 5.88. The Kier molecular flexibility index (Phi) is 46.2. The molecule has 0 saturated carbocycles. The van der Waals surface area contributed by atoms with Crippen molar-refractivity contribution in [1.29, 1.82) is 0 Å². The summed E-state index contributed by atoms with van der Waals surface area (Å²) in [7, 11) is 0. The van der Waals surface area contributed by atoms with Crippen LogP contribution in [0.25, 0.3) is 0 Å². The highest BCUT2D eigenvalue weighted by molar-refractivity contribution is 5.77. The minimum Gasteiger partial charge on any atom is -0.462 e. The highest BCUT2D eigenvalue weighted by atomic mass is 16.5. The van der Waals surface area contributed by atoms with E-state index in [1.165, 1.54) is 122 Å². The number of hydrogen-bond acceptors (Lipinski definition) is 5. The van der Waals surface area contributed by atoms with E-state index in [0.29, 0.717) is 19.3 Å². The van der Waals surface area contributed by atoms with Crippen LogP contribution in [-0.2, 0) is 14.3 Å². The fourth-order valence-electron chi connectivity index (χ4n) is 7.50. The molecule has 6 nitrogen and oxygen atoms in total. The summed E-state index contributed by atoms with van der Waals surface area (Å²) in [6.45, 7) is 6.32. The summed E-state index contributed by atoms with van der Waals surface area (Å²) in [4.78, 5) is 26.1. The van der Waals surface area contributed by atoms with Crippen molar-refractivity contribution in [1.82, 2.24) is 5.32 Å². The number of aliphatic hydroxyl groups is 2. The zero-order valence-electron chi connectivity index (χ0n) is 40.0. The van der Waals surface area contributed by atoms with Gasteiger partial charge in [-0.1, -0.05) is 235 Å². The molecule has 1 amide bonds. The summed E-state index contributed by atoms with van der Waals surface area (Å²) in [5, 5.41) is 23.8. The molecule has 0 aromatic rings. The topological polar surface area (TPSA) is 95.9 Å². The van der Waals surface area contributed by atoms with E-state index in [0.717, 1.165) is 70.6 Å². The average Bonchev–Trinajstić information content (AvgIpc) is 3.25. The number of nitrogens with one attached hydrogen (secondary N) is 1. The van der Waals surface area contributed by atoms with Crippen molar-refractivity contribution in [2.45, 2.75) is 257 Å². The molecule has 0 heterocycles. The number of esters is 1. The van der Waals surface area contributed by atoms with E-state index in [9.17, 15) is 19.8 Å². The Morgan fingerprint density at radius 1 is 0.492 bits per heavy atom. The van der Waals surface area contributed by atoms with Crippen LogP contribution < -0.4 is 5.32 Å². The number of carbonyl (C=O) groups excluding carboxylic acids is 2. The third-order valence-corrected chi connectivity index (χ3v) is 11.4. The zero-order chi connectivity index (χ0) is 44.5. The Bertz CT molecular complexity index is 1140. The molecule has 3 unspecified atom stereocenters. The Morgan fingerprint density at radius 2 is 0.902 bits per heavy atom. The molecule has 0 rings (SSSR count). The van der Waals surface area contributed by atoms with E-state index in [1.807, 2.05) is 30.4 Å². The van der Waals surface area contributed by atoms with Crippen molar-refractivity contribution < 1.29 is 24.5 Å². The van der Waals surface area contributed by atoms with Gasteiger partial charge in [0.1, 0.15) is 6.10 Å². The van der Waals surface area contributed by atoms with Crippen molar-refractivity contribution >= 4 is 11.9 Å². The average molecular weight is 852 g/mol. The highest BCUT2D eigenvalue weighted by Crippen LogP contribution is 2.17. The largest absolute Gasteiger partial charge is 0.462 e. The molecule has 6 heteroatoms. The number of allylic oxidation sites excluding steroid dienone is 12.